The lowest BCUT2D eigenvalue weighted by Crippen LogP contribution is -2.29. The summed E-state index contributed by atoms with van der Waals surface area (Å²) in [5.41, 5.74) is 0. The first kappa shape index (κ1) is 39.1. The van der Waals surface area contributed by atoms with E-state index in [-0.39, 0.29) is 102 Å². The summed E-state index contributed by atoms with van der Waals surface area (Å²) in [7, 11) is 0. The van der Waals surface area contributed by atoms with Crippen LogP contribution >= 0.6 is 0 Å². The van der Waals surface area contributed by atoms with Crippen molar-refractivity contribution in [3.8, 4) is 0 Å². The van der Waals surface area contributed by atoms with Gasteiger partial charge in [0.1, 0.15) is 37.7 Å². The number of hydrogen-bond acceptors (Lipinski definition) is 12. The second-order valence-electron chi connectivity index (χ2n) is 9.40. The summed E-state index contributed by atoms with van der Waals surface area (Å²) in [6.07, 6.45) is 1.04. The molecule has 0 heterocycles. The van der Waals surface area contributed by atoms with E-state index in [4.69, 9.17) is 23.7 Å². The predicted octanol–water partition coefficient (Wildman–Crippen LogP) is 0.502. The van der Waals surface area contributed by atoms with Crippen molar-refractivity contribution in [2.75, 3.05) is 72.6 Å². The molecule has 14 heteroatoms. The van der Waals surface area contributed by atoms with E-state index >= 15 is 0 Å². The molecule has 240 valence electrons. The smallest absolute Gasteiger partial charge is 0.306 e. The standard InChI is InChI=1S/C28H45NO13/c1-22(31)20-41-16-14-39-11-3-5-25(33)21-42-17-15-40-12-8-29-27(35)7-6-23(28(36)37)18-26(34)19-24(32)4-2-10-38-13-9-30/h9,23H,2-8,10-21H2,1H3,(H,29,35)(H,36,37). The number of aldehydes is 1. The third-order valence-electron chi connectivity index (χ3n) is 5.49. The molecule has 0 saturated heterocycles. The Morgan fingerprint density at radius 3 is 1.95 bits per heavy atom. The molecule has 0 spiro atoms. The fourth-order valence-corrected chi connectivity index (χ4v) is 3.41. The SMILES string of the molecule is CC(=O)COCCOCCCC(=O)COCCOCCNC(=O)CCC(CC(=O)CC(=O)CCCOCC=O)C(=O)O. The molecule has 0 bridgehead atoms. The molecular formula is C28H45NO13. The zero-order valence-corrected chi connectivity index (χ0v) is 24.4. The van der Waals surface area contributed by atoms with Crippen molar-refractivity contribution in [2.24, 2.45) is 5.92 Å². The van der Waals surface area contributed by atoms with Crippen LogP contribution in [0.4, 0.5) is 0 Å². The number of carboxylic acids is 1. The van der Waals surface area contributed by atoms with Crippen molar-refractivity contribution in [3.63, 3.8) is 0 Å². The molecule has 0 aromatic carbocycles. The van der Waals surface area contributed by atoms with Gasteiger partial charge in [-0.2, -0.15) is 0 Å². The Bertz CT molecular complexity index is 831. The highest BCUT2D eigenvalue weighted by Gasteiger charge is 2.23. The van der Waals surface area contributed by atoms with E-state index in [1.165, 1.54) is 6.92 Å². The highest BCUT2D eigenvalue weighted by molar-refractivity contribution is 6.00. The topological polar surface area (TPSA) is 198 Å². The molecule has 1 unspecified atom stereocenters. The van der Waals surface area contributed by atoms with Crippen LogP contribution in [0.1, 0.15) is 58.3 Å². The van der Waals surface area contributed by atoms with Crippen molar-refractivity contribution >= 4 is 41.3 Å². The summed E-state index contributed by atoms with van der Waals surface area (Å²) < 4.78 is 25.9. The number of hydrogen-bond donors (Lipinski definition) is 2. The van der Waals surface area contributed by atoms with E-state index in [1.54, 1.807) is 0 Å². The number of ether oxygens (including phenoxy) is 5. The number of carboxylic acid groups (broad SMARTS) is 1. The number of aliphatic carboxylic acids is 1. The van der Waals surface area contributed by atoms with E-state index < -0.39 is 23.6 Å². The van der Waals surface area contributed by atoms with Crippen LogP contribution in [0.2, 0.25) is 0 Å². The van der Waals surface area contributed by atoms with E-state index in [0.29, 0.717) is 45.4 Å². The Hall–Kier alpha value is -2.91. The van der Waals surface area contributed by atoms with Gasteiger partial charge in [0, 0.05) is 45.4 Å². The Morgan fingerprint density at radius 2 is 1.31 bits per heavy atom. The summed E-state index contributed by atoms with van der Waals surface area (Å²) in [6, 6.07) is 0. The van der Waals surface area contributed by atoms with Crippen LogP contribution in [0.25, 0.3) is 0 Å². The average Bonchev–Trinajstić information content (AvgIpc) is 2.93. The summed E-state index contributed by atoms with van der Waals surface area (Å²) in [4.78, 5) is 80.1. The van der Waals surface area contributed by atoms with Gasteiger partial charge < -0.3 is 38.9 Å². The van der Waals surface area contributed by atoms with Gasteiger partial charge in [-0.05, 0) is 26.2 Å². The number of carbonyl (C=O) groups excluding carboxylic acids is 6. The Kier molecular flexibility index (Phi) is 25.1. The van der Waals surface area contributed by atoms with Crippen molar-refractivity contribution < 1.29 is 62.4 Å². The fraction of sp³-hybridized carbons (Fsp3) is 0.750. The molecule has 0 aliphatic rings. The lowest BCUT2D eigenvalue weighted by Gasteiger charge is -2.12. The molecule has 0 saturated carbocycles. The van der Waals surface area contributed by atoms with Crippen molar-refractivity contribution in [3.05, 3.63) is 0 Å². The van der Waals surface area contributed by atoms with Crippen LogP contribution in [0.15, 0.2) is 0 Å². The predicted molar refractivity (Wildman–Crippen MR) is 147 cm³/mol. The second kappa shape index (κ2) is 27.0. The number of carbonyl (C=O) groups is 7. The van der Waals surface area contributed by atoms with Gasteiger partial charge in [-0.1, -0.05) is 0 Å². The number of Topliss-reactive ketones (excluding diaryl/α,β-unsaturated/α-hetero) is 4. The first-order chi connectivity index (χ1) is 20.1. The summed E-state index contributed by atoms with van der Waals surface area (Å²) in [5, 5.41) is 12.0. The minimum absolute atomic E-state index is 0.0410. The largest absolute Gasteiger partial charge is 0.481 e. The summed E-state index contributed by atoms with van der Waals surface area (Å²) in [5.74, 6) is -3.63. The Labute approximate surface area is 246 Å². The molecule has 0 radical (unpaired) electrons. The van der Waals surface area contributed by atoms with Gasteiger partial charge in [0.05, 0.1) is 45.4 Å². The molecular weight excluding hydrogens is 558 g/mol. The fourth-order valence-electron chi connectivity index (χ4n) is 3.41. The van der Waals surface area contributed by atoms with Crippen LogP contribution in [0, 0.1) is 5.92 Å². The van der Waals surface area contributed by atoms with Gasteiger partial charge in [0.15, 0.2) is 11.6 Å². The van der Waals surface area contributed by atoms with Crippen LogP contribution in [-0.4, -0.2) is 119 Å². The number of ketones is 4. The molecule has 0 aliphatic carbocycles. The van der Waals surface area contributed by atoms with Gasteiger partial charge in [-0.15, -0.1) is 0 Å². The maximum atomic E-state index is 12.1. The number of amides is 1. The van der Waals surface area contributed by atoms with Gasteiger partial charge in [0.25, 0.3) is 0 Å². The molecule has 0 rings (SSSR count). The molecule has 42 heavy (non-hydrogen) atoms. The number of nitrogens with one attached hydrogen (secondary N) is 1. The second-order valence-corrected chi connectivity index (χ2v) is 9.40. The summed E-state index contributed by atoms with van der Waals surface area (Å²) >= 11 is 0. The molecule has 0 aromatic rings. The molecule has 2 N–H and O–H groups in total. The number of rotatable bonds is 31. The molecule has 0 aromatic heterocycles. The van der Waals surface area contributed by atoms with E-state index in [2.05, 4.69) is 5.32 Å². The Balaban J connectivity index is 3.79. The Morgan fingerprint density at radius 1 is 0.714 bits per heavy atom. The van der Waals surface area contributed by atoms with Crippen LogP contribution in [0.5, 0.6) is 0 Å². The van der Waals surface area contributed by atoms with Crippen LogP contribution < -0.4 is 5.32 Å². The highest BCUT2D eigenvalue weighted by atomic mass is 16.5. The average molecular weight is 604 g/mol. The van der Waals surface area contributed by atoms with E-state index in [0.717, 1.165) is 0 Å². The zero-order chi connectivity index (χ0) is 31.4. The van der Waals surface area contributed by atoms with Gasteiger partial charge >= 0.3 is 5.97 Å². The molecule has 0 aliphatic heterocycles. The molecule has 0 fully saturated rings. The first-order valence-corrected chi connectivity index (χ1v) is 14.0. The van der Waals surface area contributed by atoms with Crippen molar-refractivity contribution in [1.29, 1.82) is 0 Å². The minimum atomic E-state index is -1.21. The lowest BCUT2D eigenvalue weighted by atomic mass is 9.94. The minimum Gasteiger partial charge on any atom is -0.481 e. The molecule has 1 amide bonds. The monoisotopic (exact) mass is 603 g/mol. The maximum absolute atomic E-state index is 12.1. The third kappa shape index (κ3) is 26.0. The van der Waals surface area contributed by atoms with Crippen molar-refractivity contribution in [2.45, 2.75) is 58.3 Å². The van der Waals surface area contributed by atoms with E-state index in [9.17, 15) is 38.7 Å². The maximum Gasteiger partial charge on any atom is 0.306 e. The summed E-state index contributed by atoms with van der Waals surface area (Å²) in [6.45, 7) is 3.51. The van der Waals surface area contributed by atoms with Gasteiger partial charge in [-0.25, -0.2) is 0 Å². The van der Waals surface area contributed by atoms with Crippen molar-refractivity contribution in [1.82, 2.24) is 5.32 Å². The van der Waals surface area contributed by atoms with Crippen LogP contribution in [0.3, 0.4) is 0 Å². The third-order valence-corrected chi connectivity index (χ3v) is 5.49. The highest BCUT2D eigenvalue weighted by Crippen LogP contribution is 2.14. The zero-order valence-electron chi connectivity index (χ0n) is 24.4. The van der Waals surface area contributed by atoms with Gasteiger partial charge in [-0.3, -0.25) is 28.8 Å². The first-order valence-electron chi connectivity index (χ1n) is 14.0. The quantitative estimate of drug-likeness (QED) is 0.0632. The molecule has 14 nitrogen and oxygen atoms in total. The van der Waals surface area contributed by atoms with E-state index in [1.807, 2.05) is 0 Å². The normalized spacial score (nSPS) is 11.5. The van der Waals surface area contributed by atoms with Gasteiger partial charge in [0.2, 0.25) is 5.91 Å². The van der Waals surface area contributed by atoms with Crippen LogP contribution in [-0.2, 0) is 57.2 Å². The molecule has 1 atom stereocenters. The lowest BCUT2D eigenvalue weighted by molar-refractivity contribution is -0.144.